The smallest absolute Gasteiger partial charge is 0.315 e. The number of esters is 1. The SMILES string of the molecule is CC(C)CCC[C@@H](C)[C@H]1CC[C@H]2C3=C(CC[C@]12C)[C@@]1(C)CC[C@H](OC2O[C@H](COOCc4ccccc4)[C@@H](OOCc4ccccc4)[C@H](OOCc4ccccc4)[C@H]2OOCc2ccccc2)C[C@@H]1C(=O)O3. The zero-order chi connectivity index (χ0) is 49.9. The highest BCUT2D eigenvalue weighted by atomic mass is 17.2. The lowest BCUT2D eigenvalue weighted by Gasteiger charge is -2.53. The molecular weight excluding hydrogens is 913 g/mol. The number of carbonyl (C=O) groups is 1. The Balaban J connectivity index is 0.962. The fourth-order valence-corrected chi connectivity index (χ4v) is 12.5. The Bertz CT molecular complexity index is 2310. The maximum Gasteiger partial charge on any atom is 0.315 e. The van der Waals surface area contributed by atoms with Crippen LogP contribution >= 0.6 is 0 Å². The summed E-state index contributed by atoms with van der Waals surface area (Å²) < 4.78 is 20.5. The predicted octanol–water partition coefficient (Wildman–Crippen LogP) is 12.7. The topological polar surface area (TPSA) is 119 Å². The Kier molecular flexibility index (Phi) is 18.1. The fraction of sp³-hybridized carbons (Fsp3) is 0.550. The van der Waals surface area contributed by atoms with Gasteiger partial charge in [0, 0.05) is 11.3 Å². The molecule has 4 aromatic rings. The van der Waals surface area contributed by atoms with Gasteiger partial charge in [-0.05, 0) is 95.9 Å². The minimum absolute atomic E-state index is 0.103. The van der Waals surface area contributed by atoms with E-state index >= 15 is 0 Å². The summed E-state index contributed by atoms with van der Waals surface area (Å²) in [6.45, 7) is 12.4. The summed E-state index contributed by atoms with van der Waals surface area (Å²) in [5, 5.41) is 0. The third-order valence-electron chi connectivity index (χ3n) is 16.5. The van der Waals surface area contributed by atoms with E-state index in [9.17, 15) is 4.79 Å². The fourth-order valence-electron chi connectivity index (χ4n) is 12.5. The van der Waals surface area contributed by atoms with Crippen molar-refractivity contribution in [3.05, 3.63) is 155 Å². The molecule has 0 amide bonds. The Morgan fingerprint density at radius 3 is 1.71 bits per heavy atom. The summed E-state index contributed by atoms with van der Waals surface area (Å²) in [7, 11) is 0. The Hall–Kier alpha value is -4.31. The average Bonchev–Trinajstić information content (AvgIpc) is 3.75. The van der Waals surface area contributed by atoms with Crippen molar-refractivity contribution in [3.63, 3.8) is 0 Å². The van der Waals surface area contributed by atoms with Crippen LogP contribution in [0.4, 0.5) is 0 Å². The lowest BCUT2D eigenvalue weighted by Crippen LogP contribution is -2.62. The highest BCUT2D eigenvalue weighted by Gasteiger charge is 2.60. The van der Waals surface area contributed by atoms with Gasteiger partial charge in [-0.15, -0.1) is 0 Å². The summed E-state index contributed by atoms with van der Waals surface area (Å²) in [5.74, 6) is 2.69. The van der Waals surface area contributed by atoms with E-state index in [-0.39, 0.29) is 55.8 Å². The summed E-state index contributed by atoms with van der Waals surface area (Å²) in [5.41, 5.74) is 4.76. The molecule has 0 N–H and O–H groups in total. The molecule has 5 aliphatic rings. The van der Waals surface area contributed by atoms with E-state index in [0.717, 1.165) is 59.6 Å². The molecule has 12 atom stereocenters. The van der Waals surface area contributed by atoms with Crippen LogP contribution in [0.15, 0.2) is 133 Å². The lowest BCUT2D eigenvalue weighted by atomic mass is 9.54. The Morgan fingerprint density at radius 2 is 1.14 bits per heavy atom. The molecule has 4 aromatic carbocycles. The zero-order valence-corrected chi connectivity index (χ0v) is 42.9. The Labute approximate surface area is 426 Å². The summed E-state index contributed by atoms with van der Waals surface area (Å²) in [4.78, 5) is 63.2. The zero-order valence-electron chi connectivity index (χ0n) is 42.9. The molecule has 2 heterocycles. The molecule has 0 aromatic heterocycles. The van der Waals surface area contributed by atoms with E-state index in [4.69, 9.17) is 53.3 Å². The predicted molar refractivity (Wildman–Crippen MR) is 269 cm³/mol. The van der Waals surface area contributed by atoms with Crippen molar-refractivity contribution >= 4 is 5.97 Å². The van der Waals surface area contributed by atoms with Crippen LogP contribution in [0, 0.1) is 40.4 Å². The molecule has 1 unspecified atom stereocenters. The standard InChI is InChI=1S/C60H76O12/c1-41(2)19-18-20-42(3)48-29-30-49-53-50(32-34-59(48,49)4)60(5)33-31-47(35-51(60)57(61)69-53)67-58-56(72-66-39-46-27-16-9-17-28-46)55(71-65-38-45-25-14-8-15-26-45)54(70-64-37-44-23-12-7-13-24-44)52(68-58)40-63-62-36-43-21-10-6-11-22-43/h6-17,21-28,41-42,47-49,51-52,54-56,58H,18-20,29-40H2,1-5H3/t42-,47+,48-,49+,51-,52-,54-,55+,56-,58?,59-,60-/m1/s1. The molecule has 2 saturated carbocycles. The maximum absolute atomic E-state index is 14.5. The maximum atomic E-state index is 14.5. The van der Waals surface area contributed by atoms with Crippen LogP contribution in [0.25, 0.3) is 0 Å². The first-order valence-electron chi connectivity index (χ1n) is 26.6. The van der Waals surface area contributed by atoms with Gasteiger partial charge in [-0.25, -0.2) is 39.1 Å². The second kappa shape index (κ2) is 24.8. The number of hydrogen-bond donors (Lipinski definition) is 0. The molecule has 1 saturated heterocycles. The van der Waals surface area contributed by atoms with Gasteiger partial charge in [-0.2, -0.15) is 0 Å². The first kappa shape index (κ1) is 52.5. The van der Waals surface area contributed by atoms with E-state index in [1.807, 2.05) is 121 Å². The number of fused-ring (bicyclic) bond motifs is 4. The van der Waals surface area contributed by atoms with E-state index in [1.165, 1.54) is 31.3 Å². The molecule has 3 aliphatic carbocycles. The second-order valence-electron chi connectivity index (χ2n) is 21.8. The first-order chi connectivity index (χ1) is 35.1. The van der Waals surface area contributed by atoms with E-state index in [0.29, 0.717) is 24.7 Å². The van der Waals surface area contributed by atoms with Crippen LogP contribution in [0.2, 0.25) is 0 Å². The van der Waals surface area contributed by atoms with E-state index in [2.05, 4.69) is 34.6 Å². The molecular formula is C60H76O12. The summed E-state index contributed by atoms with van der Waals surface area (Å²) >= 11 is 0. The van der Waals surface area contributed by atoms with Crippen molar-refractivity contribution in [2.45, 2.75) is 162 Å². The van der Waals surface area contributed by atoms with Crippen LogP contribution in [-0.2, 0) is 84.5 Å². The van der Waals surface area contributed by atoms with E-state index in [1.54, 1.807) is 0 Å². The molecule has 3 fully saturated rings. The molecule has 12 nitrogen and oxygen atoms in total. The van der Waals surface area contributed by atoms with Crippen LogP contribution < -0.4 is 0 Å². The van der Waals surface area contributed by atoms with Gasteiger partial charge in [0.25, 0.3) is 0 Å². The first-order valence-corrected chi connectivity index (χ1v) is 26.6. The van der Waals surface area contributed by atoms with Crippen LogP contribution in [0.5, 0.6) is 0 Å². The average molecular weight is 989 g/mol. The van der Waals surface area contributed by atoms with Gasteiger partial charge >= 0.3 is 5.97 Å². The monoisotopic (exact) mass is 989 g/mol. The Morgan fingerprint density at radius 1 is 0.597 bits per heavy atom. The molecule has 12 heteroatoms. The van der Waals surface area contributed by atoms with Crippen molar-refractivity contribution in [1.29, 1.82) is 0 Å². The number of benzene rings is 4. The van der Waals surface area contributed by atoms with Crippen molar-refractivity contribution in [2.75, 3.05) is 6.61 Å². The van der Waals surface area contributed by atoms with Crippen LogP contribution in [0.1, 0.15) is 121 Å². The minimum atomic E-state index is -1.11. The van der Waals surface area contributed by atoms with Gasteiger partial charge in [0.05, 0.1) is 12.0 Å². The molecule has 2 aliphatic heterocycles. The molecule has 0 spiro atoms. The largest absolute Gasteiger partial charge is 0.431 e. The number of allylic oxidation sites excluding steroid dienone is 2. The molecule has 9 rings (SSSR count). The molecule has 388 valence electrons. The summed E-state index contributed by atoms with van der Waals surface area (Å²) in [6, 6.07) is 38.9. The van der Waals surface area contributed by atoms with Gasteiger partial charge < -0.3 is 14.2 Å². The highest BCUT2D eigenvalue weighted by molar-refractivity contribution is 5.77. The number of ether oxygens (including phenoxy) is 3. The quantitative estimate of drug-likeness (QED) is 0.0288. The number of rotatable bonds is 24. The van der Waals surface area contributed by atoms with Gasteiger partial charge in [0.15, 0.2) is 24.6 Å². The normalized spacial score (nSPS) is 30.6. The molecule has 72 heavy (non-hydrogen) atoms. The van der Waals surface area contributed by atoms with Crippen LogP contribution in [0.3, 0.4) is 0 Å². The lowest BCUT2D eigenvalue weighted by molar-refractivity contribution is -0.488. The van der Waals surface area contributed by atoms with Gasteiger partial charge in [0.2, 0.25) is 0 Å². The van der Waals surface area contributed by atoms with Gasteiger partial charge in [0.1, 0.15) is 44.9 Å². The third kappa shape index (κ3) is 12.6. The van der Waals surface area contributed by atoms with Crippen molar-refractivity contribution in [2.24, 2.45) is 40.4 Å². The van der Waals surface area contributed by atoms with Crippen LogP contribution in [-0.4, -0.2) is 49.4 Å². The van der Waals surface area contributed by atoms with Gasteiger partial charge in [-0.3, -0.25) is 4.79 Å². The van der Waals surface area contributed by atoms with Gasteiger partial charge in [-0.1, -0.05) is 175 Å². The van der Waals surface area contributed by atoms with E-state index < -0.39 is 42.7 Å². The highest BCUT2D eigenvalue weighted by Crippen LogP contribution is 2.65. The van der Waals surface area contributed by atoms with Crippen molar-refractivity contribution < 1.29 is 58.1 Å². The minimum Gasteiger partial charge on any atom is -0.431 e. The number of hydrogen-bond acceptors (Lipinski definition) is 12. The van der Waals surface area contributed by atoms with Crippen molar-refractivity contribution in [1.82, 2.24) is 0 Å². The molecule has 0 bridgehead atoms. The number of carbonyl (C=O) groups excluding carboxylic acids is 1. The third-order valence-corrected chi connectivity index (χ3v) is 16.5. The summed E-state index contributed by atoms with van der Waals surface area (Å²) in [6.07, 6.45) is 4.44. The van der Waals surface area contributed by atoms with Crippen molar-refractivity contribution in [3.8, 4) is 0 Å². The second-order valence-corrected chi connectivity index (χ2v) is 21.8. The molecule has 0 radical (unpaired) electrons.